The summed E-state index contributed by atoms with van der Waals surface area (Å²) < 4.78 is 0. The third-order valence-corrected chi connectivity index (χ3v) is 3.71. The second kappa shape index (κ2) is 6.01. The van der Waals surface area contributed by atoms with Crippen molar-refractivity contribution in [2.75, 3.05) is 19.6 Å². The van der Waals surface area contributed by atoms with Gasteiger partial charge < -0.3 is 10.2 Å². The fraction of sp³-hybridized carbons (Fsp3) is 0.533. The molecule has 18 heavy (non-hydrogen) atoms. The number of rotatable bonds is 4. The first-order chi connectivity index (χ1) is 8.76. The summed E-state index contributed by atoms with van der Waals surface area (Å²) in [5, 5.41) is 3.46. The van der Waals surface area contributed by atoms with Crippen LogP contribution in [-0.4, -0.2) is 30.4 Å². The zero-order chi connectivity index (χ0) is 13.0. The Morgan fingerprint density at radius 2 is 2.06 bits per heavy atom. The Hall–Kier alpha value is -1.35. The second-order valence-corrected chi connectivity index (χ2v) is 4.73. The van der Waals surface area contributed by atoms with Crippen LogP contribution in [0.2, 0.25) is 0 Å². The van der Waals surface area contributed by atoms with Crippen molar-refractivity contribution < 1.29 is 4.79 Å². The van der Waals surface area contributed by atoms with E-state index in [2.05, 4.69) is 29.6 Å². The minimum atomic E-state index is 0.183. The zero-order valence-electron chi connectivity index (χ0n) is 11.3. The number of nitrogens with zero attached hydrogens (tertiary/aromatic N) is 1. The smallest absolute Gasteiger partial charge is 0.224 e. The van der Waals surface area contributed by atoms with Gasteiger partial charge in [0.25, 0.3) is 0 Å². The average Bonchev–Trinajstić information content (AvgIpc) is 2.40. The molecule has 0 aliphatic carbocycles. The summed E-state index contributed by atoms with van der Waals surface area (Å²) in [6.07, 6.45) is 1.63. The van der Waals surface area contributed by atoms with Crippen LogP contribution in [0.1, 0.15) is 37.4 Å². The van der Waals surface area contributed by atoms with Crippen LogP contribution in [0.25, 0.3) is 0 Å². The van der Waals surface area contributed by atoms with Crippen molar-refractivity contribution in [1.82, 2.24) is 10.2 Å². The van der Waals surface area contributed by atoms with E-state index < -0.39 is 0 Å². The number of benzene rings is 1. The van der Waals surface area contributed by atoms with Crippen LogP contribution in [0.3, 0.4) is 0 Å². The second-order valence-electron chi connectivity index (χ2n) is 4.73. The van der Waals surface area contributed by atoms with Gasteiger partial charge in [-0.25, -0.2) is 0 Å². The van der Waals surface area contributed by atoms with Gasteiger partial charge in [-0.15, -0.1) is 0 Å². The monoisotopic (exact) mass is 246 g/mol. The van der Waals surface area contributed by atoms with Crippen molar-refractivity contribution in [2.45, 2.75) is 32.7 Å². The number of hydrogen-bond acceptors (Lipinski definition) is 2. The molecule has 1 aliphatic heterocycles. The van der Waals surface area contributed by atoms with E-state index >= 15 is 0 Å². The van der Waals surface area contributed by atoms with Crippen molar-refractivity contribution in [1.29, 1.82) is 0 Å². The summed E-state index contributed by atoms with van der Waals surface area (Å²) in [7, 11) is 0. The van der Waals surface area contributed by atoms with Gasteiger partial charge in [-0.1, -0.05) is 24.3 Å². The van der Waals surface area contributed by atoms with E-state index in [1.165, 1.54) is 11.1 Å². The van der Waals surface area contributed by atoms with Gasteiger partial charge in [0.2, 0.25) is 5.91 Å². The minimum Gasteiger partial charge on any atom is -0.343 e. The van der Waals surface area contributed by atoms with Gasteiger partial charge in [-0.3, -0.25) is 4.79 Å². The summed E-state index contributed by atoms with van der Waals surface area (Å²) in [6.45, 7) is 6.62. The maximum Gasteiger partial charge on any atom is 0.224 e. The van der Waals surface area contributed by atoms with Crippen molar-refractivity contribution in [3.05, 3.63) is 35.4 Å². The molecular formula is C15H22N2O. The van der Waals surface area contributed by atoms with E-state index in [0.717, 1.165) is 26.1 Å². The standard InChI is InChI=1S/C15H22N2O/c1-3-17(4-2)15(18)11-14-13-8-6-5-7-12(13)9-10-16-14/h5-8,14,16H,3-4,9-11H2,1-2H3. The summed E-state index contributed by atoms with van der Waals surface area (Å²) >= 11 is 0. The lowest BCUT2D eigenvalue weighted by Crippen LogP contribution is -2.37. The van der Waals surface area contributed by atoms with E-state index in [1.807, 2.05) is 18.7 Å². The molecule has 1 atom stereocenters. The molecule has 1 aromatic carbocycles. The highest BCUT2D eigenvalue weighted by atomic mass is 16.2. The lowest BCUT2D eigenvalue weighted by atomic mass is 9.92. The van der Waals surface area contributed by atoms with Crippen molar-refractivity contribution in [3.8, 4) is 0 Å². The molecule has 0 bridgehead atoms. The van der Waals surface area contributed by atoms with Crippen molar-refractivity contribution >= 4 is 5.91 Å². The Balaban J connectivity index is 2.09. The van der Waals surface area contributed by atoms with Gasteiger partial charge in [0.05, 0.1) is 0 Å². The number of amides is 1. The summed E-state index contributed by atoms with van der Waals surface area (Å²) in [6, 6.07) is 8.63. The molecule has 1 N–H and O–H groups in total. The van der Waals surface area contributed by atoms with Crippen LogP contribution < -0.4 is 5.32 Å². The lowest BCUT2D eigenvalue weighted by molar-refractivity contribution is -0.131. The molecule has 98 valence electrons. The first kappa shape index (κ1) is 13.1. The van der Waals surface area contributed by atoms with Crippen LogP contribution in [0, 0.1) is 0 Å². The van der Waals surface area contributed by atoms with E-state index in [1.54, 1.807) is 0 Å². The number of hydrogen-bond donors (Lipinski definition) is 1. The lowest BCUT2D eigenvalue weighted by Gasteiger charge is -2.28. The fourth-order valence-electron chi connectivity index (χ4n) is 2.65. The van der Waals surface area contributed by atoms with Gasteiger partial charge in [-0.05, 0) is 37.9 Å². The average molecular weight is 246 g/mol. The largest absolute Gasteiger partial charge is 0.343 e. The topological polar surface area (TPSA) is 32.3 Å². The Kier molecular flexibility index (Phi) is 4.37. The summed E-state index contributed by atoms with van der Waals surface area (Å²) in [5.41, 5.74) is 2.68. The number of carbonyl (C=O) groups excluding carboxylic acids is 1. The molecule has 1 unspecified atom stereocenters. The minimum absolute atomic E-state index is 0.183. The van der Waals surface area contributed by atoms with Crippen LogP contribution >= 0.6 is 0 Å². The molecule has 0 spiro atoms. The van der Waals surface area contributed by atoms with Crippen LogP contribution in [0.5, 0.6) is 0 Å². The molecule has 2 rings (SSSR count). The van der Waals surface area contributed by atoms with Crippen molar-refractivity contribution in [2.24, 2.45) is 0 Å². The van der Waals surface area contributed by atoms with Gasteiger partial charge >= 0.3 is 0 Å². The molecule has 1 heterocycles. The third kappa shape index (κ3) is 2.72. The maximum atomic E-state index is 12.2. The molecule has 0 saturated heterocycles. The summed E-state index contributed by atoms with van der Waals surface area (Å²) in [4.78, 5) is 14.1. The Labute approximate surface area is 109 Å². The third-order valence-electron chi connectivity index (χ3n) is 3.71. The maximum absolute atomic E-state index is 12.2. The van der Waals surface area contributed by atoms with Gasteiger partial charge in [0.1, 0.15) is 0 Å². The quantitative estimate of drug-likeness (QED) is 0.882. The zero-order valence-corrected chi connectivity index (χ0v) is 11.3. The molecule has 0 radical (unpaired) electrons. The molecule has 0 saturated carbocycles. The van der Waals surface area contributed by atoms with Crippen LogP contribution in [-0.2, 0) is 11.2 Å². The van der Waals surface area contributed by atoms with Gasteiger partial charge in [-0.2, -0.15) is 0 Å². The molecule has 1 aromatic rings. The number of fused-ring (bicyclic) bond motifs is 1. The predicted octanol–water partition coefficient (Wildman–Crippen LogP) is 2.13. The highest BCUT2D eigenvalue weighted by Crippen LogP contribution is 2.25. The number of nitrogens with one attached hydrogen (secondary N) is 1. The molecule has 3 heteroatoms. The molecule has 1 amide bonds. The van der Waals surface area contributed by atoms with E-state index in [4.69, 9.17) is 0 Å². The Morgan fingerprint density at radius 1 is 1.33 bits per heavy atom. The predicted molar refractivity (Wildman–Crippen MR) is 73.4 cm³/mol. The molecule has 1 aliphatic rings. The molecule has 0 aromatic heterocycles. The normalized spacial score (nSPS) is 18.2. The Morgan fingerprint density at radius 3 is 2.78 bits per heavy atom. The number of carbonyl (C=O) groups is 1. The molecule has 0 fully saturated rings. The fourth-order valence-corrected chi connectivity index (χ4v) is 2.65. The van der Waals surface area contributed by atoms with E-state index in [9.17, 15) is 4.79 Å². The SMILES string of the molecule is CCN(CC)C(=O)CC1NCCc2ccccc21. The van der Waals surface area contributed by atoms with E-state index in [0.29, 0.717) is 6.42 Å². The first-order valence-electron chi connectivity index (χ1n) is 6.85. The van der Waals surface area contributed by atoms with Crippen molar-refractivity contribution in [3.63, 3.8) is 0 Å². The van der Waals surface area contributed by atoms with Gasteiger partial charge in [0.15, 0.2) is 0 Å². The van der Waals surface area contributed by atoms with E-state index in [-0.39, 0.29) is 11.9 Å². The van der Waals surface area contributed by atoms with Crippen LogP contribution in [0.4, 0.5) is 0 Å². The summed E-state index contributed by atoms with van der Waals surface area (Å²) in [5.74, 6) is 0.245. The van der Waals surface area contributed by atoms with Crippen LogP contribution in [0.15, 0.2) is 24.3 Å². The Bertz CT molecular complexity index is 413. The molecule has 3 nitrogen and oxygen atoms in total. The highest BCUT2D eigenvalue weighted by molar-refractivity contribution is 5.77. The highest BCUT2D eigenvalue weighted by Gasteiger charge is 2.23. The molecular weight excluding hydrogens is 224 g/mol. The van der Waals surface area contributed by atoms with Gasteiger partial charge in [0, 0.05) is 25.6 Å². The first-order valence-corrected chi connectivity index (χ1v) is 6.85.